The fraction of sp³-hybridized carbons (Fsp3) is 0.286. The molecule has 178 valence electrons. The van der Waals surface area contributed by atoms with Gasteiger partial charge < -0.3 is 30.0 Å². The zero-order valence-electron chi connectivity index (χ0n) is 19.7. The van der Waals surface area contributed by atoms with E-state index in [0.717, 1.165) is 41.7 Å². The molecule has 4 N–H and O–H groups in total. The molecule has 3 aromatic carbocycles. The third-order valence-electron chi connectivity index (χ3n) is 6.12. The number of phenols is 1. The molecule has 1 aromatic heterocycles. The number of H-pyrrole nitrogens is 1. The lowest BCUT2D eigenvalue weighted by molar-refractivity contribution is 0.162. The van der Waals surface area contributed by atoms with Crippen molar-refractivity contribution in [2.75, 3.05) is 27.3 Å². The Hall–Kier alpha value is -3.48. The second kappa shape index (κ2) is 11.1. The highest BCUT2D eigenvalue weighted by Crippen LogP contribution is 2.36. The van der Waals surface area contributed by atoms with Crippen molar-refractivity contribution in [1.29, 1.82) is 0 Å². The molecule has 0 saturated carbocycles. The summed E-state index contributed by atoms with van der Waals surface area (Å²) in [5, 5.41) is 24.4. The van der Waals surface area contributed by atoms with Crippen LogP contribution in [0, 0.1) is 0 Å². The number of aromatic amines is 1. The quantitative estimate of drug-likeness (QED) is 0.244. The normalized spacial score (nSPS) is 12.1. The second-order valence-corrected chi connectivity index (χ2v) is 8.41. The number of ether oxygens (including phenoxy) is 2. The van der Waals surface area contributed by atoms with Crippen LogP contribution < -0.4 is 14.8 Å². The molecule has 0 amide bonds. The molecule has 0 saturated heterocycles. The molecular weight excluding hydrogens is 428 g/mol. The largest absolute Gasteiger partial charge is 0.508 e. The molecule has 0 spiro atoms. The summed E-state index contributed by atoms with van der Waals surface area (Å²) in [4.78, 5) is 3.57. The number of aliphatic hydroxyl groups excluding tert-OH is 1. The van der Waals surface area contributed by atoms with Crippen LogP contribution in [0.25, 0.3) is 22.2 Å². The van der Waals surface area contributed by atoms with Crippen LogP contribution in [0.1, 0.15) is 17.5 Å². The molecule has 0 radical (unpaired) electrons. The Morgan fingerprint density at radius 1 is 0.912 bits per heavy atom. The molecular formula is C28H32N2O4. The molecule has 0 aliphatic carbocycles. The molecule has 4 rings (SSSR count). The van der Waals surface area contributed by atoms with Crippen molar-refractivity contribution in [3.63, 3.8) is 0 Å². The Morgan fingerprint density at radius 2 is 1.68 bits per heavy atom. The number of aromatic nitrogens is 1. The molecule has 0 bridgehead atoms. The molecule has 0 fully saturated rings. The number of para-hydroxylation sites is 1. The number of methoxy groups -OCH3 is 2. The van der Waals surface area contributed by atoms with Crippen molar-refractivity contribution in [3.05, 3.63) is 77.9 Å². The van der Waals surface area contributed by atoms with Crippen molar-refractivity contribution in [2.45, 2.75) is 25.4 Å². The van der Waals surface area contributed by atoms with Crippen molar-refractivity contribution >= 4 is 10.9 Å². The fourth-order valence-electron chi connectivity index (χ4n) is 4.28. The van der Waals surface area contributed by atoms with Gasteiger partial charge in [0.15, 0.2) is 11.5 Å². The van der Waals surface area contributed by atoms with E-state index in [2.05, 4.69) is 28.5 Å². The summed E-state index contributed by atoms with van der Waals surface area (Å²) in [6.07, 6.45) is 1.83. The third-order valence-corrected chi connectivity index (χ3v) is 6.12. The van der Waals surface area contributed by atoms with Crippen LogP contribution in [0.2, 0.25) is 0 Å². The van der Waals surface area contributed by atoms with Crippen LogP contribution in [-0.2, 0) is 12.8 Å². The fourth-order valence-corrected chi connectivity index (χ4v) is 4.28. The number of benzene rings is 3. The van der Waals surface area contributed by atoms with Gasteiger partial charge in [-0.25, -0.2) is 0 Å². The Morgan fingerprint density at radius 3 is 2.44 bits per heavy atom. The third kappa shape index (κ3) is 5.53. The maximum atomic E-state index is 10.4. The monoisotopic (exact) mass is 460 g/mol. The van der Waals surface area contributed by atoms with Crippen LogP contribution in [0.5, 0.6) is 17.2 Å². The molecule has 34 heavy (non-hydrogen) atoms. The molecule has 1 atom stereocenters. The summed E-state index contributed by atoms with van der Waals surface area (Å²) in [7, 11) is 3.28. The maximum absolute atomic E-state index is 10.4. The number of aromatic hydroxyl groups is 1. The average Bonchev–Trinajstić information content (AvgIpc) is 3.24. The number of rotatable bonds is 11. The first-order valence-electron chi connectivity index (χ1n) is 11.6. The van der Waals surface area contributed by atoms with Crippen LogP contribution >= 0.6 is 0 Å². The van der Waals surface area contributed by atoms with E-state index in [-0.39, 0.29) is 5.75 Å². The molecule has 0 aliphatic heterocycles. The average molecular weight is 461 g/mol. The van der Waals surface area contributed by atoms with Crippen molar-refractivity contribution in [1.82, 2.24) is 10.3 Å². The number of fused-ring (bicyclic) bond motifs is 1. The smallest absolute Gasteiger partial charge is 0.161 e. The van der Waals surface area contributed by atoms with E-state index in [0.29, 0.717) is 24.5 Å². The van der Waals surface area contributed by atoms with Gasteiger partial charge in [-0.2, -0.15) is 0 Å². The molecule has 1 heterocycles. The number of nitrogens with one attached hydrogen (secondary N) is 2. The Kier molecular flexibility index (Phi) is 7.72. The Labute approximate surface area is 200 Å². The summed E-state index contributed by atoms with van der Waals surface area (Å²) < 4.78 is 10.9. The highest BCUT2D eigenvalue weighted by atomic mass is 16.5. The van der Waals surface area contributed by atoms with Crippen molar-refractivity contribution in [3.8, 4) is 28.5 Å². The van der Waals surface area contributed by atoms with Crippen molar-refractivity contribution in [2.24, 2.45) is 0 Å². The van der Waals surface area contributed by atoms with E-state index < -0.39 is 6.10 Å². The van der Waals surface area contributed by atoms with E-state index in [1.165, 1.54) is 10.9 Å². The minimum absolute atomic E-state index is 0.260. The molecule has 0 aliphatic rings. The van der Waals surface area contributed by atoms with E-state index in [1.807, 2.05) is 36.4 Å². The van der Waals surface area contributed by atoms with Crippen molar-refractivity contribution < 1.29 is 19.7 Å². The van der Waals surface area contributed by atoms with Gasteiger partial charge in [-0.1, -0.05) is 30.3 Å². The van der Waals surface area contributed by atoms with Gasteiger partial charge in [0, 0.05) is 28.7 Å². The minimum Gasteiger partial charge on any atom is -0.508 e. The number of phenolic OH excluding ortho intramolecular Hbond substituents is 1. The number of hydrogen-bond acceptors (Lipinski definition) is 5. The summed E-state index contributed by atoms with van der Waals surface area (Å²) >= 11 is 0. The topological polar surface area (TPSA) is 86.7 Å². The van der Waals surface area contributed by atoms with Gasteiger partial charge in [0.25, 0.3) is 0 Å². The number of aryl methyl sites for hydroxylation is 1. The van der Waals surface area contributed by atoms with E-state index in [4.69, 9.17) is 9.47 Å². The second-order valence-electron chi connectivity index (χ2n) is 8.41. The molecule has 0 unspecified atom stereocenters. The van der Waals surface area contributed by atoms with Gasteiger partial charge in [-0.15, -0.1) is 0 Å². The van der Waals surface area contributed by atoms with Crippen LogP contribution in [0.15, 0.2) is 66.7 Å². The van der Waals surface area contributed by atoms with Crippen LogP contribution in [0.4, 0.5) is 0 Å². The molecule has 6 nitrogen and oxygen atoms in total. The summed E-state index contributed by atoms with van der Waals surface area (Å²) in [5.74, 6) is 1.65. The van der Waals surface area contributed by atoms with E-state index >= 15 is 0 Å². The highest BCUT2D eigenvalue weighted by Gasteiger charge is 2.15. The summed E-state index contributed by atoms with van der Waals surface area (Å²) in [6.45, 7) is 1.28. The number of hydrogen-bond donors (Lipinski definition) is 4. The molecule has 4 aromatic rings. The minimum atomic E-state index is -0.429. The first-order chi connectivity index (χ1) is 16.6. The lowest BCUT2D eigenvalue weighted by atomic mass is 10.0. The zero-order chi connectivity index (χ0) is 23.9. The van der Waals surface area contributed by atoms with Crippen LogP contribution in [-0.4, -0.2) is 48.6 Å². The van der Waals surface area contributed by atoms with Gasteiger partial charge in [0.1, 0.15) is 5.75 Å². The van der Waals surface area contributed by atoms with Gasteiger partial charge >= 0.3 is 0 Å². The first kappa shape index (κ1) is 23.7. The lowest BCUT2D eigenvalue weighted by Gasteiger charge is -2.13. The highest BCUT2D eigenvalue weighted by molar-refractivity contribution is 5.91. The van der Waals surface area contributed by atoms with Gasteiger partial charge in [-0.05, 0) is 73.3 Å². The predicted molar refractivity (Wildman–Crippen MR) is 136 cm³/mol. The summed E-state index contributed by atoms with van der Waals surface area (Å²) in [6, 6.07) is 21.4. The molecule has 6 heteroatoms. The maximum Gasteiger partial charge on any atom is 0.161 e. The lowest BCUT2D eigenvalue weighted by Crippen LogP contribution is -2.28. The standard InChI is InChI=1S/C28H32N2O4/c1-33-26-14-10-20(17-27(26)34-2)28-24(23-5-3-4-6-25(23)30-28)15-16-29-18-22(32)13-9-19-7-11-21(31)12-8-19/h3-8,10-12,14,17,22,29-32H,9,13,15-16,18H2,1-2H3/t22-/m1/s1. The predicted octanol–water partition coefficient (Wildman–Crippen LogP) is 4.68. The van der Waals surface area contributed by atoms with E-state index in [9.17, 15) is 10.2 Å². The van der Waals surface area contributed by atoms with E-state index in [1.54, 1.807) is 26.4 Å². The SMILES string of the molecule is COc1ccc(-c2[nH]c3ccccc3c2CCNC[C@H](O)CCc2ccc(O)cc2)cc1OC. The van der Waals surface area contributed by atoms with Gasteiger partial charge in [0.05, 0.1) is 20.3 Å². The zero-order valence-corrected chi connectivity index (χ0v) is 19.7. The Bertz CT molecular complexity index is 1220. The Balaban J connectivity index is 1.41. The first-order valence-corrected chi connectivity index (χ1v) is 11.6. The number of aliphatic hydroxyl groups is 1. The van der Waals surface area contributed by atoms with Gasteiger partial charge in [-0.3, -0.25) is 0 Å². The summed E-state index contributed by atoms with van der Waals surface area (Å²) in [5.41, 5.74) is 5.54. The van der Waals surface area contributed by atoms with Crippen LogP contribution in [0.3, 0.4) is 0 Å². The van der Waals surface area contributed by atoms with Gasteiger partial charge in [0.2, 0.25) is 0 Å².